The van der Waals surface area contributed by atoms with Crippen LogP contribution in [0.15, 0.2) is 12.2 Å². The second-order valence-electron chi connectivity index (χ2n) is 5.82. The van der Waals surface area contributed by atoms with E-state index in [1.807, 2.05) is 0 Å². The largest absolute Gasteiger partial charge is 0.314 e. The molecule has 1 N–H and O–H groups in total. The van der Waals surface area contributed by atoms with E-state index in [0.717, 1.165) is 6.54 Å². The van der Waals surface area contributed by atoms with Gasteiger partial charge in [0.15, 0.2) is 0 Å². The first-order valence-electron chi connectivity index (χ1n) is 6.96. The molecule has 1 unspecified atom stereocenters. The van der Waals surface area contributed by atoms with Gasteiger partial charge in [-0.3, -0.25) is 0 Å². The van der Waals surface area contributed by atoms with E-state index in [9.17, 15) is 0 Å². The van der Waals surface area contributed by atoms with Crippen LogP contribution in [0.1, 0.15) is 65.7 Å². The van der Waals surface area contributed by atoms with Crippen LogP contribution in [0.2, 0.25) is 0 Å². The molecule has 0 radical (unpaired) electrons. The highest BCUT2D eigenvalue weighted by Gasteiger charge is 2.34. The highest BCUT2D eigenvalue weighted by molar-refractivity contribution is 4.95. The lowest BCUT2D eigenvalue weighted by Gasteiger charge is -2.41. The smallest absolute Gasteiger partial charge is 0.0124 e. The molecule has 1 aliphatic carbocycles. The minimum atomic E-state index is 0.531. The predicted molar refractivity (Wildman–Crippen MR) is 72.7 cm³/mol. The minimum absolute atomic E-state index is 0.531. The van der Waals surface area contributed by atoms with E-state index in [1.165, 1.54) is 50.5 Å². The van der Waals surface area contributed by atoms with Crippen molar-refractivity contribution in [3.63, 3.8) is 0 Å². The molecular weight excluding hydrogens is 194 g/mol. The lowest BCUT2D eigenvalue weighted by Crippen LogP contribution is -2.44. The van der Waals surface area contributed by atoms with E-state index in [-0.39, 0.29) is 0 Å². The first-order chi connectivity index (χ1) is 7.58. The number of rotatable bonds is 6. The molecule has 0 bridgehead atoms. The average Bonchev–Trinajstić information content (AvgIpc) is 2.24. The fourth-order valence-corrected chi connectivity index (χ4v) is 3.04. The first-order valence-corrected chi connectivity index (χ1v) is 6.96. The van der Waals surface area contributed by atoms with Crippen LogP contribution in [0, 0.1) is 5.41 Å². The van der Waals surface area contributed by atoms with Gasteiger partial charge < -0.3 is 5.32 Å². The maximum absolute atomic E-state index is 4.03. The molecule has 1 fully saturated rings. The molecule has 1 saturated carbocycles. The maximum Gasteiger partial charge on any atom is 0.0124 e. The summed E-state index contributed by atoms with van der Waals surface area (Å²) in [7, 11) is 0. The molecule has 0 spiro atoms. The van der Waals surface area contributed by atoms with Gasteiger partial charge in [-0.15, -0.1) is 6.58 Å². The summed E-state index contributed by atoms with van der Waals surface area (Å²) in [5, 5.41) is 3.71. The van der Waals surface area contributed by atoms with E-state index >= 15 is 0 Å². The van der Waals surface area contributed by atoms with Crippen molar-refractivity contribution in [2.45, 2.75) is 71.8 Å². The number of nitrogens with one attached hydrogen (secondary N) is 1. The Morgan fingerprint density at radius 3 is 2.44 bits per heavy atom. The molecule has 1 aliphatic rings. The number of hydrogen-bond acceptors (Lipinski definition) is 1. The SMILES string of the molecule is C=C(C)CCC(NCC)C1(C)CCCCC1. The van der Waals surface area contributed by atoms with Crippen LogP contribution in [0.3, 0.4) is 0 Å². The maximum atomic E-state index is 4.03. The molecular formula is C15H29N. The van der Waals surface area contributed by atoms with Crippen molar-refractivity contribution in [3.8, 4) is 0 Å². The van der Waals surface area contributed by atoms with Gasteiger partial charge in [0, 0.05) is 6.04 Å². The molecule has 0 heterocycles. The van der Waals surface area contributed by atoms with E-state index in [0.29, 0.717) is 11.5 Å². The molecule has 0 aromatic heterocycles. The van der Waals surface area contributed by atoms with Crippen LogP contribution in [0.5, 0.6) is 0 Å². The van der Waals surface area contributed by atoms with Gasteiger partial charge in [-0.2, -0.15) is 0 Å². The van der Waals surface area contributed by atoms with Crippen LogP contribution >= 0.6 is 0 Å². The summed E-state index contributed by atoms with van der Waals surface area (Å²) < 4.78 is 0. The minimum Gasteiger partial charge on any atom is -0.314 e. The summed E-state index contributed by atoms with van der Waals surface area (Å²) in [6.45, 7) is 12.0. The third-order valence-electron chi connectivity index (χ3n) is 4.15. The molecule has 16 heavy (non-hydrogen) atoms. The highest BCUT2D eigenvalue weighted by atomic mass is 14.9. The molecule has 1 heteroatoms. The van der Waals surface area contributed by atoms with Gasteiger partial charge in [0.2, 0.25) is 0 Å². The Kier molecular flexibility index (Phi) is 5.54. The van der Waals surface area contributed by atoms with Crippen molar-refractivity contribution in [2.75, 3.05) is 6.54 Å². The van der Waals surface area contributed by atoms with Gasteiger partial charge in [-0.05, 0) is 44.6 Å². The van der Waals surface area contributed by atoms with E-state index in [2.05, 4.69) is 32.7 Å². The van der Waals surface area contributed by atoms with Gasteiger partial charge in [-0.25, -0.2) is 0 Å². The second kappa shape index (κ2) is 6.44. The van der Waals surface area contributed by atoms with Crippen LogP contribution < -0.4 is 5.32 Å². The van der Waals surface area contributed by atoms with Crippen LogP contribution in [-0.4, -0.2) is 12.6 Å². The zero-order valence-corrected chi connectivity index (χ0v) is 11.4. The van der Waals surface area contributed by atoms with Crippen molar-refractivity contribution in [3.05, 3.63) is 12.2 Å². The zero-order chi connectivity index (χ0) is 12.0. The average molecular weight is 223 g/mol. The second-order valence-corrected chi connectivity index (χ2v) is 5.82. The van der Waals surface area contributed by atoms with E-state index in [4.69, 9.17) is 0 Å². The summed E-state index contributed by atoms with van der Waals surface area (Å²) in [6, 6.07) is 0.689. The molecule has 0 aromatic rings. The Labute approximate surface area is 102 Å². The normalized spacial score (nSPS) is 21.7. The Hall–Kier alpha value is -0.300. The molecule has 1 rings (SSSR count). The zero-order valence-electron chi connectivity index (χ0n) is 11.4. The van der Waals surface area contributed by atoms with E-state index < -0.39 is 0 Å². The predicted octanol–water partition coefficient (Wildman–Crippen LogP) is 4.29. The molecule has 0 aromatic carbocycles. The summed E-state index contributed by atoms with van der Waals surface area (Å²) in [6.07, 6.45) is 9.53. The summed E-state index contributed by atoms with van der Waals surface area (Å²) in [4.78, 5) is 0. The Bertz CT molecular complexity index is 213. The van der Waals surface area contributed by atoms with Crippen molar-refractivity contribution in [1.82, 2.24) is 5.32 Å². The highest BCUT2D eigenvalue weighted by Crippen LogP contribution is 2.40. The van der Waals surface area contributed by atoms with Gasteiger partial charge >= 0.3 is 0 Å². The summed E-state index contributed by atoms with van der Waals surface area (Å²) in [5.74, 6) is 0. The van der Waals surface area contributed by atoms with Crippen molar-refractivity contribution in [2.24, 2.45) is 5.41 Å². The molecule has 94 valence electrons. The standard InChI is InChI=1S/C15H29N/c1-5-16-14(10-9-13(2)3)15(4)11-7-6-8-12-15/h14,16H,2,5-12H2,1,3-4H3. The van der Waals surface area contributed by atoms with Gasteiger partial charge in [0.05, 0.1) is 0 Å². The first kappa shape index (κ1) is 13.8. The van der Waals surface area contributed by atoms with Gasteiger partial charge in [0.25, 0.3) is 0 Å². The molecule has 0 amide bonds. The van der Waals surface area contributed by atoms with Crippen molar-refractivity contribution < 1.29 is 0 Å². The lowest BCUT2D eigenvalue weighted by molar-refractivity contribution is 0.139. The van der Waals surface area contributed by atoms with Crippen LogP contribution in [0.25, 0.3) is 0 Å². The third-order valence-corrected chi connectivity index (χ3v) is 4.15. The Morgan fingerprint density at radius 2 is 1.94 bits per heavy atom. The lowest BCUT2D eigenvalue weighted by atomic mass is 9.69. The van der Waals surface area contributed by atoms with Crippen LogP contribution in [0.4, 0.5) is 0 Å². The molecule has 0 aliphatic heterocycles. The van der Waals surface area contributed by atoms with Crippen LogP contribution in [-0.2, 0) is 0 Å². The fraction of sp³-hybridized carbons (Fsp3) is 0.867. The monoisotopic (exact) mass is 223 g/mol. The third kappa shape index (κ3) is 3.93. The quantitative estimate of drug-likeness (QED) is 0.662. The molecule has 1 atom stereocenters. The molecule has 0 saturated heterocycles. The number of hydrogen-bond donors (Lipinski definition) is 1. The van der Waals surface area contributed by atoms with Crippen molar-refractivity contribution >= 4 is 0 Å². The fourth-order valence-electron chi connectivity index (χ4n) is 3.04. The Balaban J connectivity index is 2.55. The molecule has 1 nitrogen and oxygen atoms in total. The van der Waals surface area contributed by atoms with Crippen molar-refractivity contribution in [1.29, 1.82) is 0 Å². The van der Waals surface area contributed by atoms with Gasteiger partial charge in [0.1, 0.15) is 0 Å². The van der Waals surface area contributed by atoms with Gasteiger partial charge in [-0.1, -0.05) is 38.7 Å². The Morgan fingerprint density at radius 1 is 1.31 bits per heavy atom. The van der Waals surface area contributed by atoms with E-state index in [1.54, 1.807) is 0 Å². The summed E-state index contributed by atoms with van der Waals surface area (Å²) in [5.41, 5.74) is 1.85. The number of allylic oxidation sites excluding steroid dienone is 1. The summed E-state index contributed by atoms with van der Waals surface area (Å²) >= 11 is 0. The topological polar surface area (TPSA) is 12.0 Å².